The number of benzene rings is 1. The first-order valence-electron chi connectivity index (χ1n) is 8.21. The van der Waals surface area contributed by atoms with Crippen molar-refractivity contribution in [1.82, 2.24) is 10.6 Å². The Morgan fingerprint density at radius 2 is 1.95 bits per heavy atom. The molecule has 122 valence electrons. The summed E-state index contributed by atoms with van der Waals surface area (Å²) >= 11 is 0. The molecule has 1 unspecified atom stereocenters. The fourth-order valence-corrected chi connectivity index (χ4v) is 2.29. The van der Waals surface area contributed by atoms with Gasteiger partial charge in [0.15, 0.2) is 0 Å². The van der Waals surface area contributed by atoms with Gasteiger partial charge >= 0.3 is 6.03 Å². The van der Waals surface area contributed by atoms with E-state index < -0.39 is 0 Å². The normalized spacial score (nSPS) is 15.4. The number of amides is 2. The minimum atomic E-state index is -0.120. The number of carbonyl (C=O) groups excluding carboxylic acids is 1. The highest BCUT2D eigenvalue weighted by atomic mass is 16.2. The molecule has 1 aromatic rings. The number of aliphatic hydroxyl groups excluding tert-OH is 1. The van der Waals surface area contributed by atoms with Crippen LogP contribution in [0.15, 0.2) is 24.3 Å². The molecule has 0 aromatic heterocycles. The first-order chi connectivity index (χ1) is 10.7. The zero-order chi connectivity index (χ0) is 15.8. The van der Waals surface area contributed by atoms with E-state index in [4.69, 9.17) is 5.11 Å². The summed E-state index contributed by atoms with van der Waals surface area (Å²) in [7, 11) is 0. The van der Waals surface area contributed by atoms with Gasteiger partial charge in [-0.2, -0.15) is 0 Å². The molecule has 0 radical (unpaired) electrons. The Kier molecular flexibility index (Phi) is 6.68. The molecule has 4 N–H and O–H groups in total. The summed E-state index contributed by atoms with van der Waals surface area (Å²) in [5, 5.41) is 18.0. The molecule has 1 aliphatic carbocycles. The zero-order valence-corrected chi connectivity index (χ0v) is 13.3. The van der Waals surface area contributed by atoms with Crippen molar-refractivity contribution in [2.45, 2.75) is 51.1 Å². The molecule has 2 amide bonds. The van der Waals surface area contributed by atoms with Crippen LogP contribution in [0.1, 0.15) is 50.6 Å². The van der Waals surface area contributed by atoms with Gasteiger partial charge in [-0.25, -0.2) is 4.79 Å². The Morgan fingerprint density at radius 3 is 2.59 bits per heavy atom. The monoisotopic (exact) mass is 305 g/mol. The molecule has 0 aliphatic heterocycles. The van der Waals surface area contributed by atoms with Gasteiger partial charge in [0.2, 0.25) is 0 Å². The summed E-state index contributed by atoms with van der Waals surface area (Å²) in [5.41, 5.74) is 2.02. The maximum absolute atomic E-state index is 11.7. The van der Waals surface area contributed by atoms with Gasteiger partial charge in [-0.15, -0.1) is 0 Å². The van der Waals surface area contributed by atoms with Crippen LogP contribution in [-0.2, 0) is 0 Å². The highest BCUT2D eigenvalue weighted by Crippen LogP contribution is 2.19. The summed E-state index contributed by atoms with van der Waals surface area (Å²) < 4.78 is 0. The number of nitrogens with one attached hydrogen (secondary N) is 3. The molecule has 1 saturated carbocycles. The van der Waals surface area contributed by atoms with Crippen molar-refractivity contribution in [2.24, 2.45) is 0 Å². The quantitative estimate of drug-likeness (QED) is 0.530. The van der Waals surface area contributed by atoms with Gasteiger partial charge in [-0.05, 0) is 63.3 Å². The topological polar surface area (TPSA) is 73.4 Å². The average Bonchev–Trinajstić information content (AvgIpc) is 3.31. The lowest BCUT2D eigenvalue weighted by Gasteiger charge is -2.15. The fourth-order valence-electron chi connectivity index (χ4n) is 2.29. The fraction of sp³-hybridized carbons (Fsp3) is 0.588. The van der Waals surface area contributed by atoms with Crippen LogP contribution in [0.2, 0.25) is 0 Å². The lowest BCUT2D eigenvalue weighted by atomic mass is 10.1. The molecule has 0 heterocycles. The predicted molar refractivity (Wildman–Crippen MR) is 89.0 cm³/mol. The van der Waals surface area contributed by atoms with E-state index in [0.29, 0.717) is 6.04 Å². The first kappa shape index (κ1) is 16.8. The predicted octanol–water partition coefficient (Wildman–Crippen LogP) is 2.78. The van der Waals surface area contributed by atoms with Gasteiger partial charge in [-0.1, -0.05) is 12.1 Å². The van der Waals surface area contributed by atoms with Crippen LogP contribution < -0.4 is 16.0 Å². The van der Waals surface area contributed by atoms with Crippen molar-refractivity contribution in [3.8, 4) is 0 Å². The maximum Gasteiger partial charge on any atom is 0.319 e. The van der Waals surface area contributed by atoms with Crippen LogP contribution in [0.3, 0.4) is 0 Å². The van der Waals surface area contributed by atoms with Crippen molar-refractivity contribution in [1.29, 1.82) is 0 Å². The maximum atomic E-state index is 11.7. The van der Waals surface area contributed by atoms with Crippen LogP contribution in [0.5, 0.6) is 0 Å². The first-order valence-corrected chi connectivity index (χ1v) is 8.21. The minimum Gasteiger partial charge on any atom is -0.396 e. The number of carbonyl (C=O) groups is 1. The van der Waals surface area contributed by atoms with Crippen molar-refractivity contribution in [3.05, 3.63) is 29.8 Å². The highest BCUT2D eigenvalue weighted by Gasteiger charge is 2.23. The number of anilines is 1. The summed E-state index contributed by atoms with van der Waals surface area (Å²) in [6, 6.07) is 8.48. The molecule has 1 aliphatic rings. The second kappa shape index (κ2) is 8.76. The van der Waals surface area contributed by atoms with Gasteiger partial charge in [0.1, 0.15) is 0 Å². The molecule has 22 heavy (non-hydrogen) atoms. The van der Waals surface area contributed by atoms with Gasteiger partial charge < -0.3 is 21.1 Å². The van der Waals surface area contributed by atoms with Crippen LogP contribution in [0.25, 0.3) is 0 Å². The Bertz CT molecular complexity index is 457. The molecule has 0 spiro atoms. The lowest BCUT2D eigenvalue weighted by molar-refractivity contribution is 0.251. The van der Waals surface area contributed by atoms with Crippen molar-refractivity contribution in [2.75, 3.05) is 18.5 Å². The second-order valence-electron chi connectivity index (χ2n) is 5.95. The van der Waals surface area contributed by atoms with Crippen molar-refractivity contribution >= 4 is 11.7 Å². The van der Waals surface area contributed by atoms with E-state index >= 15 is 0 Å². The smallest absolute Gasteiger partial charge is 0.319 e. The molecular weight excluding hydrogens is 278 g/mol. The third kappa shape index (κ3) is 6.03. The number of urea groups is 1. The van der Waals surface area contributed by atoms with E-state index in [2.05, 4.69) is 22.9 Å². The van der Waals surface area contributed by atoms with E-state index in [1.165, 1.54) is 5.56 Å². The molecular formula is C17H27N3O2. The summed E-state index contributed by atoms with van der Waals surface area (Å²) in [4.78, 5) is 11.7. The van der Waals surface area contributed by atoms with E-state index in [0.717, 1.165) is 44.3 Å². The zero-order valence-electron chi connectivity index (χ0n) is 13.3. The Labute approximate surface area is 132 Å². The molecule has 0 bridgehead atoms. The molecule has 0 saturated heterocycles. The van der Waals surface area contributed by atoms with E-state index in [1.807, 2.05) is 24.3 Å². The van der Waals surface area contributed by atoms with Gasteiger partial charge in [-0.3, -0.25) is 0 Å². The largest absolute Gasteiger partial charge is 0.396 e. The lowest BCUT2D eigenvalue weighted by Crippen LogP contribution is -2.30. The van der Waals surface area contributed by atoms with Gasteiger partial charge in [0.25, 0.3) is 0 Å². The third-order valence-electron chi connectivity index (χ3n) is 3.87. The molecule has 1 fully saturated rings. The van der Waals surface area contributed by atoms with E-state index in [-0.39, 0.29) is 18.7 Å². The van der Waals surface area contributed by atoms with Crippen LogP contribution in [0.4, 0.5) is 10.5 Å². The molecule has 5 heteroatoms. The minimum absolute atomic E-state index is 0.120. The Morgan fingerprint density at radius 1 is 1.23 bits per heavy atom. The summed E-state index contributed by atoms with van der Waals surface area (Å²) in [6.07, 6.45) is 5.18. The standard InChI is InChI=1S/C17H27N3O2/c1-13(18-11-3-2-4-12-21)14-5-7-15(8-6-14)19-17(22)20-16-9-10-16/h5-8,13,16,18,21H,2-4,9-12H2,1H3,(H2,19,20,22). The second-order valence-corrected chi connectivity index (χ2v) is 5.95. The van der Waals surface area contributed by atoms with Crippen LogP contribution in [-0.4, -0.2) is 30.3 Å². The van der Waals surface area contributed by atoms with Gasteiger partial charge in [0.05, 0.1) is 0 Å². The van der Waals surface area contributed by atoms with Crippen molar-refractivity contribution < 1.29 is 9.90 Å². The van der Waals surface area contributed by atoms with E-state index in [9.17, 15) is 4.79 Å². The Balaban J connectivity index is 1.71. The average molecular weight is 305 g/mol. The SMILES string of the molecule is CC(NCCCCCO)c1ccc(NC(=O)NC2CC2)cc1. The number of aliphatic hydroxyl groups is 1. The van der Waals surface area contributed by atoms with Crippen LogP contribution in [0, 0.1) is 0 Å². The number of rotatable bonds is 9. The van der Waals surface area contributed by atoms with E-state index in [1.54, 1.807) is 0 Å². The van der Waals surface area contributed by atoms with Crippen LogP contribution >= 0.6 is 0 Å². The molecule has 2 rings (SSSR count). The highest BCUT2D eigenvalue weighted by molar-refractivity contribution is 5.89. The van der Waals surface area contributed by atoms with Crippen molar-refractivity contribution in [3.63, 3.8) is 0 Å². The summed E-state index contributed by atoms with van der Waals surface area (Å²) in [6.45, 7) is 3.36. The number of hydrogen-bond acceptors (Lipinski definition) is 3. The number of unbranched alkanes of at least 4 members (excludes halogenated alkanes) is 2. The molecule has 1 atom stereocenters. The molecule has 1 aromatic carbocycles. The third-order valence-corrected chi connectivity index (χ3v) is 3.87. The Hall–Kier alpha value is -1.59. The summed E-state index contributed by atoms with van der Waals surface area (Å²) in [5.74, 6) is 0. The number of hydrogen-bond donors (Lipinski definition) is 4. The molecule has 5 nitrogen and oxygen atoms in total. The van der Waals surface area contributed by atoms with Gasteiger partial charge in [0, 0.05) is 24.4 Å².